The lowest BCUT2D eigenvalue weighted by molar-refractivity contribution is 0.953. The highest BCUT2D eigenvalue weighted by Gasteiger charge is 2.25. The standard InChI is InChI=1S/C44H28N6.C41H27N3/c1-4-15-29(16-5-1)42-46-43(30-17-6-2-7-18-30)48-44(47-42)50-35-24-11-10-21-34(35)39-32(22-12-25-36(39)50)33-23-13-26-37-40(33)41-38(27-14-28-45-41)49(37)31-19-8-3-9-20-31;1-3-12-28(13-4-1)29-23-25-31(26-24-29)43-35-19-8-7-16-34(35)39-32(17-9-20-36(39)43)33-18-10-21-37-40(33)41-38(22-11-27-42-41)44(37)30-14-5-2-6-15-30/h1-28H;1-27H. The molecule has 7 aromatic heterocycles. The predicted octanol–water partition coefficient (Wildman–Crippen LogP) is 21.1. The van der Waals surface area contributed by atoms with Gasteiger partial charge in [-0.05, 0) is 130 Å². The Labute approximate surface area is 540 Å². The highest BCUT2D eigenvalue weighted by atomic mass is 15.2. The fourth-order valence-electron chi connectivity index (χ4n) is 14.2. The normalized spacial score (nSPS) is 11.6. The molecule has 0 aliphatic carbocycles. The van der Waals surface area contributed by atoms with E-state index in [0.29, 0.717) is 17.6 Å². The van der Waals surface area contributed by atoms with Gasteiger partial charge < -0.3 is 13.7 Å². The van der Waals surface area contributed by atoms with Crippen LogP contribution in [0.3, 0.4) is 0 Å². The molecule has 0 spiro atoms. The van der Waals surface area contributed by atoms with Crippen LogP contribution in [0.4, 0.5) is 0 Å². The van der Waals surface area contributed by atoms with E-state index in [1.165, 1.54) is 49.4 Å². The number of aromatic nitrogens is 9. The van der Waals surface area contributed by atoms with E-state index in [4.69, 9.17) is 24.9 Å². The summed E-state index contributed by atoms with van der Waals surface area (Å²) in [5.74, 6) is 1.82. The summed E-state index contributed by atoms with van der Waals surface area (Å²) in [6.45, 7) is 0. The fraction of sp³-hybridized carbons (Fsp3) is 0. The average molecular weight is 1200 g/mol. The molecule has 7 heterocycles. The Morgan fingerprint density at radius 2 is 0.521 bits per heavy atom. The molecule has 0 amide bonds. The first-order chi connectivity index (χ1) is 46.7. The number of hydrogen-bond donors (Lipinski definition) is 0. The van der Waals surface area contributed by atoms with Gasteiger partial charge >= 0.3 is 0 Å². The molecule has 0 radical (unpaired) electrons. The van der Waals surface area contributed by atoms with Crippen LogP contribution in [-0.2, 0) is 0 Å². The number of benzene rings is 12. The zero-order valence-electron chi connectivity index (χ0n) is 50.8. The molecule has 0 atom stereocenters. The molecule has 0 aliphatic rings. The maximum atomic E-state index is 5.13. The van der Waals surface area contributed by atoms with E-state index in [2.05, 4.69) is 267 Å². The van der Waals surface area contributed by atoms with Crippen molar-refractivity contribution in [3.05, 3.63) is 334 Å². The molecule has 12 aromatic carbocycles. The van der Waals surface area contributed by atoms with Crippen LogP contribution in [0.5, 0.6) is 0 Å². The van der Waals surface area contributed by atoms with Gasteiger partial charge in [0.1, 0.15) is 0 Å². The number of pyridine rings is 2. The summed E-state index contributed by atoms with van der Waals surface area (Å²) in [6, 6.07) is 113. The molecule has 0 bridgehead atoms. The van der Waals surface area contributed by atoms with Crippen molar-refractivity contribution < 1.29 is 0 Å². The zero-order valence-corrected chi connectivity index (χ0v) is 50.8. The van der Waals surface area contributed by atoms with E-state index in [9.17, 15) is 0 Å². The Morgan fingerprint density at radius 3 is 0.979 bits per heavy atom. The maximum absolute atomic E-state index is 5.13. The number of rotatable bonds is 9. The Kier molecular flexibility index (Phi) is 13.0. The molecule has 0 N–H and O–H groups in total. The molecule has 0 saturated heterocycles. The summed E-state index contributed by atoms with van der Waals surface area (Å²) in [5, 5.41) is 7.03. The van der Waals surface area contributed by atoms with Gasteiger partial charge in [-0.2, -0.15) is 9.97 Å². The first-order valence-electron chi connectivity index (χ1n) is 31.7. The first kappa shape index (κ1) is 54.1. The summed E-state index contributed by atoms with van der Waals surface area (Å²) in [7, 11) is 0. The highest BCUT2D eigenvalue weighted by Crippen LogP contribution is 2.46. The number of fused-ring (bicyclic) bond motifs is 12. The third-order valence-electron chi connectivity index (χ3n) is 18.2. The lowest BCUT2D eigenvalue weighted by Gasteiger charge is -2.11. The fourth-order valence-corrected chi connectivity index (χ4v) is 14.2. The average Bonchev–Trinajstić information content (AvgIpc) is 1.57. The first-order valence-corrected chi connectivity index (χ1v) is 31.7. The molecule has 9 nitrogen and oxygen atoms in total. The third-order valence-corrected chi connectivity index (χ3v) is 18.2. The van der Waals surface area contributed by atoms with Crippen molar-refractivity contribution >= 4 is 87.5 Å². The maximum Gasteiger partial charge on any atom is 0.238 e. The summed E-state index contributed by atoms with van der Waals surface area (Å²) < 4.78 is 9.22. The molecule has 19 rings (SSSR count). The Bertz CT molecular complexity index is 6020. The Hall–Kier alpha value is -12.9. The quantitative estimate of drug-likeness (QED) is 0.144. The lowest BCUT2D eigenvalue weighted by atomic mass is 9.96. The molecule has 0 fully saturated rings. The lowest BCUT2D eigenvalue weighted by Crippen LogP contribution is -2.06. The molecule has 440 valence electrons. The number of nitrogens with zero attached hydrogens (tertiary/aromatic N) is 9. The smallest absolute Gasteiger partial charge is 0.238 e. The van der Waals surface area contributed by atoms with Crippen LogP contribution in [0.25, 0.3) is 167 Å². The van der Waals surface area contributed by atoms with Crippen molar-refractivity contribution in [3.63, 3.8) is 0 Å². The van der Waals surface area contributed by atoms with Gasteiger partial charge in [0.05, 0.1) is 55.2 Å². The minimum atomic E-state index is 0.571. The van der Waals surface area contributed by atoms with Gasteiger partial charge in [-0.3, -0.25) is 14.5 Å². The van der Waals surface area contributed by atoms with Gasteiger partial charge in [-0.15, -0.1) is 0 Å². The van der Waals surface area contributed by atoms with Crippen LogP contribution in [-0.4, -0.2) is 43.2 Å². The van der Waals surface area contributed by atoms with Gasteiger partial charge in [-0.1, -0.05) is 224 Å². The van der Waals surface area contributed by atoms with Crippen LogP contribution < -0.4 is 0 Å². The zero-order chi connectivity index (χ0) is 62.1. The minimum Gasteiger partial charge on any atom is -0.309 e. The molecule has 19 aromatic rings. The second-order valence-corrected chi connectivity index (χ2v) is 23.5. The largest absolute Gasteiger partial charge is 0.309 e. The molecular weight excluding hydrogens is 1150 g/mol. The van der Waals surface area contributed by atoms with Crippen molar-refractivity contribution in [2.24, 2.45) is 0 Å². The molecule has 9 heteroatoms. The Morgan fingerprint density at radius 1 is 0.202 bits per heavy atom. The highest BCUT2D eigenvalue weighted by molar-refractivity contribution is 6.23. The van der Waals surface area contributed by atoms with Crippen molar-refractivity contribution in [3.8, 4) is 79.2 Å². The van der Waals surface area contributed by atoms with Gasteiger partial charge in [0.25, 0.3) is 0 Å². The van der Waals surface area contributed by atoms with E-state index < -0.39 is 0 Å². The summed E-state index contributed by atoms with van der Waals surface area (Å²) in [4.78, 5) is 25.1. The van der Waals surface area contributed by atoms with Crippen LogP contribution in [0.15, 0.2) is 334 Å². The van der Waals surface area contributed by atoms with E-state index in [1.54, 1.807) is 0 Å². The van der Waals surface area contributed by atoms with Crippen molar-refractivity contribution in [2.45, 2.75) is 0 Å². The van der Waals surface area contributed by atoms with E-state index in [-0.39, 0.29) is 0 Å². The van der Waals surface area contributed by atoms with Crippen molar-refractivity contribution in [1.82, 2.24) is 43.2 Å². The summed E-state index contributed by atoms with van der Waals surface area (Å²) in [6.07, 6.45) is 3.79. The minimum absolute atomic E-state index is 0.571. The van der Waals surface area contributed by atoms with Gasteiger partial charge in [0.2, 0.25) is 5.95 Å². The summed E-state index contributed by atoms with van der Waals surface area (Å²) in [5.41, 5.74) is 23.2. The van der Waals surface area contributed by atoms with Crippen LogP contribution in [0, 0.1) is 0 Å². The summed E-state index contributed by atoms with van der Waals surface area (Å²) >= 11 is 0. The SMILES string of the molecule is c1ccc(-c2ccc(-n3c4ccccc4c4c(-c5cccc6c5c5ncccc5n6-c5ccccc5)cccc43)cc2)cc1.c1ccc(-c2nc(-c3ccccc3)nc(-n3c4ccccc4c4c(-c5cccc6c5c5ncccc5n6-c5ccccc5)cccc43)n2)cc1. The van der Waals surface area contributed by atoms with E-state index in [1.807, 2.05) is 85.2 Å². The molecule has 0 saturated carbocycles. The molecule has 0 unspecified atom stereocenters. The second kappa shape index (κ2) is 22.6. The second-order valence-electron chi connectivity index (χ2n) is 23.5. The van der Waals surface area contributed by atoms with Crippen LogP contribution in [0.2, 0.25) is 0 Å². The molecule has 94 heavy (non-hydrogen) atoms. The van der Waals surface area contributed by atoms with Crippen LogP contribution in [0.1, 0.15) is 0 Å². The van der Waals surface area contributed by atoms with Gasteiger partial charge in [0.15, 0.2) is 11.6 Å². The number of para-hydroxylation sites is 4. The van der Waals surface area contributed by atoms with Gasteiger partial charge in [0, 0.05) is 72.9 Å². The monoisotopic (exact) mass is 1200 g/mol. The van der Waals surface area contributed by atoms with Crippen molar-refractivity contribution in [1.29, 1.82) is 0 Å². The number of hydrogen-bond acceptors (Lipinski definition) is 5. The Balaban J connectivity index is 0.000000139. The van der Waals surface area contributed by atoms with Crippen molar-refractivity contribution in [2.75, 3.05) is 0 Å². The topological polar surface area (TPSA) is 84.2 Å². The third kappa shape index (κ3) is 8.89. The van der Waals surface area contributed by atoms with Gasteiger partial charge in [-0.25, -0.2) is 4.98 Å². The molecular formula is C85H55N9. The van der Waals surface area contributed by atoms with E-state index >= 15 is 0 Å². The molecule has 0 aliphatic heterocycles. The van der Waals surface area contributed by atoms with Crippen LogP contribution >= 0.6 is 0 Å². The predicted molar refractivity (Wildman–Crippen MR) is 386 cm³/mol. The van der Waals surface area contributed by atoms with E-state index in [0.717, 1.165) is 99.6 Å².